The summed E-state index contributed by atoms with van der Waals surface area (Å²) >= 11 is 8.77. The van der Waals surface area contributed by atoms with E-state index in [2.05, 4.69) is 32.6 Å². The van der Waals surface area contributed by atoms with E-state index in [0.29, 0.717) is 15.2 Å². The van der Waals surface area contributed by atoms with Gasteiger partial charge < -0.3 is 4.74 Å². The molecule has 1 aromatic carbocycles. The molecular weight excluding hydrogens is 499 g/mol. The van der Waals surface area contributed by atoms with Crippen LogP contribution in [0.2, 0.25) is 0 Å². The second kappa shape index (κ2) is 7.37. The summed E-state index contributed by atoms with van der Waals surface area (Å²) in [5, 5.41) is 8.92. The number of benzene rings is 1. The van der Waals surface area contributed by atoms with E-state index in [0.717, 1.165) is 19.3 Å². The lowest BCUT2D eigenvalue weighted by Crippen LogP contribution is -2.36. The molecule has 144 valence electrons. The third kappa shape index (κ3) is 3.27. The van der Waals surface area contributed by atoms with Gasteiger partial charge in [-0.3, -0.25) is 4.99 Å². The average Bonchev–Trinajstić information content (AvgIpc) is 2.91. The van der Waals surface area contributed by atoms with Crippen LogP contribution >= 0.6 is 34.4 Å². The molecule has 0 radical (unpaired) electrons. The molecule has 10 heteroatoms. The van der Waals surface area contributed by atoms with Crippen LogP contribution in [-0.4, -0.2) is 36.3 Å². The minimum atomic E-state index is -0.536. The number of carbonyl (C=O) groups excluding carboxylic acids is 1. The third-order valence-electron chi connectivity index (χ3n) is 5.05. The van der Waals surface area contributed by atoms with Gasteiger partial charge in [0.1, 0.15) is 6.20 Å². The first-order valence-corrected chi connectivity index (χ1v) is 10.1. The fourth-order valence-corrected chi connectivity index (χ4v) is 4.17. The zero-order valence-electron chi connectivity index (χ0n) is 14.5. The Morgan fingerprint density at radius 1 is 1.36 bits per heavy atom. The summed E-state index contributed by atoms with van der Waals surface area (Å²) in [6.07, 6.45) is 7.38. The Balaban J connectivity index is 1.64. The van der Waals surface area contributed by atoms with Crippen molar-refractivity contribution in [2.75, 3.05) is 0 Å². The molecule has 0 bridgehead atoms. The number of hydrogen-bond donors (Lipinski definition) is 1. The summed E-state index contributed by atoms with van der Waals surface area (Å²) < 4.78 is 6.38. The molecule has 28 heavy (non-hydrogen) atoms. The summed E-state index contributed by atoms with van der Waals surface area (Å²) in [5.41, 5.74) is 1.60. The fourth-order valence-electron chi connectivity index (χ4n) is 3.27. The van der Waals surface area contributed by atoms with E-state index < -0.39 is 12.1 Å². The molecule has 1 saturated carbocycles. The van der Waals surface area contributed by atoms with Gasteiger partial charge in [0.15, 0.2) is 23.6 Å². The van der Waals surface area contributed by atoms with Crippen molar-refractivity contribution in [3.05, 3.63) is 58.5 Å². The average molecular weight is 515 g/mol. The van der Waals surface area contributed by atoms with E-state index in [1.807, 2.05) is 0 Å². The predicted molar refractivity (Wildman–Crippen MR) is 110 cm³/mol. The molecule has 1 aromatic rings. The quantitative estimate of drug-likeness (QED) is 0.208. The number of fused-ring (bicyclic) bond motifs is 1. The molecule has 8 nitrogen and oxygen atoms in total. The Bertz CT molecular complexity index is 968. The second-order valence-electron chi connectivity index (χ2n) is 6.70. The lowest BCUT2D eigenvalue weighted by Gasteiger charge is -2.33. The molecule has 2 heterocycles. The molecule has 0 aromatic heterocycles. The number of esters is 1. The van der Waals surface area contributed by atoms with E-state index in [4.69, 9.17) is 21.7 Å². The van der Waals surface area contributed by atoms with E-state index in [-0.39, 0.29) is 26.1 Å². The number of rotatable bonds is 5. The normalized spacial score (nSPS) is 24.4. The first-order chi connectivity index (χ1) is 13.4. The highest BCUT2D eigenvalue weighted by Crippen LogP contribution is 2.43. The highest BCUT2D eigenvalue weighted by Gasteiger charge is 2.49. The molecule has 1 aliphatic carbocycles. The number of amidine groups is 1. The minimum absolute atomic E-state index is 0.0291. The molecule has 2 unspecified atom stereocenters. The predicted octanol–water partition coefficient (Wildman–Crippen LogP) is 4.35. The number of hydrogen-bond acceptors (Lipinski definition) is 5. The zero-order valence-corrected chi connectivity index (χ0v) is 17.4. The maximum absolute atomic E-state index is 12.7. The molecule has 0 spiro atoms. The summed E-state index contributed by atoms with van der Waals surface area (Å²) in [6, 6.07) is 5.56. The summed E-state index contributed by atoms with van der Waals surface area (Å²) in [4.78, 5) is 32.1. The molecule has 4 rings (SSSR count). The lowest BCUT2D eigenvalue weighted by atomic mass is 9.79. The van der Waals surface area contributed by atoms with Crippen LogP contribution < -0.4 is 0 Å². The van der Waals surface area contributed by atoms with Gasteiger partial charge in [-0.1, -0.05) is 6.42 Å². The number of aliphatic imine (C=N–C) groups is 2. The Labute approximate surface area is 179 Å². The molecular formula is C18H16ClIN4O4+2. The van der Waals surface area contributed by atoms with Gasteiger partial charge in [0.25, 0.3) is 8.77 Å². The van der Waals surface area contributed by atoms with Crippen molar-refractivity contribution in [1.29, 1.82) is 0 Å². The van der Waals surface area contributed by atoms with Gasteiger partial charge in [-0.25, -0.2) is 10.0 Å². The van der Waals surface area contributed by atoms with Crippen molar-refractivity contribution in [2.24, 2.45) is 15.9 Å². The highest BCUT2D eigenvalue weighted by atomic mass is 127. The number of allylic oxidation sites excluding steroid dienone is 1. The van der Waals surface area contributed by atoms with Gasteiger partial charge >= 0.3 is 11.7 Å². The van der Waals surface area contributed by atoms with Crippen molar-refractivity contribution in [1.82, 2.24) is 0 Å². The van der Waals surface area contributed by atoms with Gasteiger partial charge in [-0.15, -0.1) is 4.00 Å². The summed E-state index contributed by atoms with van der Waals surface area (Å²) in [5.74, 6) is -0.365. The zero-order chi connectivity index (χ0) is 19.9. The van der Waals surface area contributed by atoms with Gasteiger partial charge in [0.05, 0.1) is 45.5 Å². The maximum Gasteiger partial charge on any atom is 0.338 e. The van der Waals surface area contributed by atoms with Crippen molar-refractivity contribution < 1.29 is 23.7 Å². The SMILES string of the molecule is O=C(OC(C1=C2C=NC=C[N+]2(Cl)C(I)=N1)C1CCC1)c1ccc([N+](=O)O)cc1. The Morgan fingerprint density at radius 2 is 2.07 bits per heavy atom. The van der Waals surface area contributed by atoms with E-state index in [9.17, 15) is 9.70 Å². The Morgan fingerprint density at radius 3 is 2.68 bits per heavy atom. The highest BCUT2D eigenvalue weighted by molar-refractivity contribution is 14.1. The molecule has 0 amide bonds. The number of nitrogens with zero attached hydrogens (tertiary/aromatic N) is 4. The van der Waals surface area contributed by atoms with Crippen LogP contribution in [0.25, 0.3) is 0 Å². The van der Waals surface area contributed by atoms with Crippen molar-refractivity contribution in [2.45, 2.75) is 25.4 Å². The van der Waals surface area contributed by atoms with Gasteiger partial charge in [-0.2, -0.15) is 4.99 Å². The largest absolute Gasteiger partial charge is 0.452 e. The number of quaternary nitrogens is 1. The fraction of sp³-hybridized carbons (Fsp3) is 0.278. The molecule has 2 atom stereocenters. The number of ether oxygens (including phenoxy) is 1. The van der Waals surface area contributed by atoms with Gasteiger partial charge in [0.2, 0.25) is 5.70 Å². The van der Waals surface area contributed by atoms with Crippen molar-refractivity contribution in [3.63, 3.8) is 0 Å². The molecule has 0 saturated heterocycles. The van der Waals surface area contributed by atoms with Crippen LogP contribution in [0.3, 0.4) is 0 Å². The first kappa shape index (κ1) is 19.2. The van der Waals surface area contributed by atoms with Crippen LogP contribution in [0.4, 0.5) is 5.69 Å². The van der Waals surface area contributed by atoms with Crippen LogP contribution in [-0.2, 0) is 4.74 Å². The van der Waals surface area contributed by atoms with Crippen molar-refractivity contribution in [3.8, 4) is 0 Å². The molecule has 3 aliphatic rings. The first-order valence-electron chi connectivity index (χ1n) is 8.66. The number of halogens is 2. The topological polar surface area (TPSA) is 91.3 Å². The van der Waals surface area contributed by atoms with E-state index in [1.165, 1.54) is 24.3 Å². The van der Waals surface area contributed by atoms with Gasteiger partial charge in [0, 0.05) is 18.1 Å². The minimum Gasteiger partial charge on any atom is -0.452 e. The Hall–Kier alpha value is -2.11. The molecule has 2 aliphatic heterocycles. The smallest absolute Gasteiger partial charge is 0.338 e. The van der Waals surface area contributed by atoms with Crippen LogP contribution in [0.1, 0.15) is 29.6 Å². The van der Waals surface area contributed by atoms with Gasteiger partial charge in [-0.05, 0) is 25.0 Å². The standard InChI is InChI=1S/C18H16ClIN4O4/c19-24-9-8-21-10-14(24)15(22-18(24)20)16(11-2-1-3-11)28-17(25)12-4-6-13(7-5-12)23(26)27/h4-11,16H,1-3H2,(H,26,27)/q+2. The van der Waals surface area contributed by atoms with Crippen molar-refractivity contribution >= 4 is 56.1 Å². The number of carbonyl (C=O) groups is 1. The lowest BCUT2D eigenvalue weighted by molar-refractivity contribution is -0.729. The van der Waals surface area contributed by atoms with Crippen LogP contribution in [0.15, 0.2) is 58.0 Å². The second-order valence-corrected chi connectivity index (χ2v) is 8.20. The summed E-state index contributed by atoms with van der Waals surface area (Å²) in [7, 11) is 0. The monoisotopic (exact) mass is 514 g/mol. The van der Waals surface area contributed by atoms with E-state index in [1.54, 1.807) is 18.6 Å². The summed E-state index contributed by atoms with van der Waals surface area (Å²) in [6.45, 7) is 0. The molecule has 1 fully saturated rings. The third-order valence-corrected chi connectivity index (χ3v) is 6.80. The van der Waals surface area contributed by atoms with E-state index >= 15 is 0 Å². The van der Waals surface area contributed by atoms with Crippen LogP contribution in [0, 0.1) is 10.8 Å². The van der Waals surface area contributed by atoms with Crippen LogP contribution in [0.5, 0.6) is 0 Å². The maximum atomic E-state index is 12.7. The Kier molecular flexibility index (Phi) is 5.06. The molecule has 1 N–H and O–H groups in total.